The van der Waals surface area contributed by atoms with Crippen molar-refractivity contribution in [3.05, 3.63) is 0 Å². The Kier molecular flexibility index (Phi) is 4.54. The van der Waals surface area contributed by atoms with E-state index in [9.17, 15) is 9.90 Å². The molecule has 1 aliphatic heterocycles. The van der Waals surface area contributed by atoms with Gasteiger partial charge in [0.25, 0.3) is 0 Å². The van der Waals surface area contributed by atoms with E-state index >= 15 is 0 Å². The highest BCUT2D eigenvalue weighted by molar-refractivity contribution is 5.77. The van der Waals surface area contributed by atoms with Gasteiger partial charge in [-0.3, -0.25) is 4.79 Å². The molecule has 1 N–H and O–H groups in total. The van der Waals surface area contributed by atoms with Gasteiger partial charge in [-0.05, 0) is 12.8 Å². The monoisotopic (exact) mass is 215 g/mol. The van der Waals surface area contributed by atoms with Gasteiger partial charge in [-0.25, -0.2) is 0 Å². The van der Waals surface area contributed by atoms with Crippen molar-refractivity contribution < 1.29 is 14.6 Å². The molecule has 1 heterocycles. The zero-order chi connectivity index (χ0) is 11.3. The van der Waals surface area contributed by atoms with Crippen molar-refractivity contribution in [2.24, 2.45) is 0 Å². The Bertz CT molecular complexity index is 212. The van der Waals surface area contributed by atoms with Gasteiger partial charge in [-0.1, -0.05) is 13.8 Å². The summed E-state index contributed by atoms with van der Waals surface area (Å²) < 4.78 is 5.24. The molecule has 1 aliphatic rings. The fourth-order valence-corrected chi connectivity index (χ4v) is 1.63. The van der Waals surface area contributed by atoms with Gasteiger partial charge < -0.3 is 14.7 Å². The van der Waals surface area contributed by atoms with Gasteiger partial charge in [0.2, 0.25) is 5.91 Å². The van der Waals surface area contributed by atoms with Crippen LogP contribution in [0.1, 0.15) is 33.1 Å². The summed E-state index contributed by atoms with van der Waals surface area (Å²) in [6.45, 7) is 6.15. The van der Waals surface area contributed by atoms with Crippen molar-refractivity contribution in [3.8, 4) is 0 Å². The minimum atomic E-state index is -0.625. The highest BCUT2D eigenvalue weighted by atomic mass is 16.5. The topological polar surface area (TPSA) is 49.8 Å². The SMILES string of the molecule is CCCOCCC(=O)N1CC(O)(CC)C1. The summed E-state index contributed by atoms with van der Waals surface area (Å²) in [5.41, 5.74) is -0.625. The van der Waals surface area contributed by atoms with Crippen LogP contribution in [0.4, 0.5) is 0 Å². The minimum Gasteiger partial charge on any atom is -0.386 e. The summed E-state index contributed by atoms with van der Waals surface area (Å²) in [7, 11) is 0. The molecule has 0 aliphatic carbocycles. The largest absolute Gasteiger partial charge is 0.386 e. The molecule has 1 rings (SSSR count). The molecular weight excluding hydrogens is 194 g/mol. The summed E-state index contributed by atoms with van der Waals surface area (Å²) in [4.78, 5) is 13.2. The smallest absolute Gasteiger partial charge is 0.225 e. The van der Waals surface area contributed by atoms with Crippen LogP contribution in [0.5, 0.6) is 0 Å². The maximum atomic E-state index is 11.5. The molecule has 15 heavy (non-hydrogen) atoms. The molecule has 88 valence electrons. The number of ether oxygens (including phenoxy) is 1. The summed E-state index contributed by atoms with van der Waals surface area (Å²) in [5, 5.41) is 9.72. The minimum absolute atomic E-state index is 0.0872. The molecule has 4 heteroatoms. The Morgan fingerprint density at radius 3 is 2.60 bits per heavy atom. The first-order chi connectivity index (χ1) is 7.11. The predicted octanol–water partition coefficient (Wildman–Crippen LogP) is 0.786. The number of likely N-dealkylation sites (tertiary alicyclic amines) is 1. The lowest BCUT2D eigenvalue weighted by atomic mass is 9.91. The lowest BCUT2D eigenvalue weighted by molar-refractivity contribution is -0.156. The van der Waals surface area contributed by atoms with E-state index in [4.69, 9.17) is 4.74 Å². The molecule has 4 nitrogen and oxygen atoms in total. The molecule has 0 aromatic rings. The second kappa shape index (κ2) is 5.47. The van der Waals surface area contributed by atoms with Gasteiger partial charge >= 0.3 is 0 Å². The standard InChI is InChI=1S/C11H21NO3/c1-3-6-15-7-5-10(13)12-8-11(14,4-2)9-12/h14H,3-9H2,1-2H3. The third-order valence-corrected chi connectivity index (χ3v) is 2.79. The molecule has 0 aromatic carbocycles. The van der Waals surface area contributed by atoms with Crippen LogP contribution in [0.2, 0.25) is 0 Å². The van der Waals surface area contributed by atoms with Crippen LogP contribution in [0.3, 0.4) is 0 Å². The zero-order valence-corrected chi connectivity index (χ0v) is 9.66. The van der Waals surface area contributed by atoms with Crippen LogP contribution < -0.4 is 0 Å². The van der Waals surface area contributed by atoms with Crippen molar-refractivity contribution in [1.29, 1.82) is 0 Å². The van der Waals surface area contributed by atoms with E-state index in [1.807, 2.05) is 13.8 Å². The molecule has 0 radical (unpaired) electrons. The predicted molar refractivity (Wildman–Crippen MR) is 57.5 cm³/mol. The van der Waals surface area contributed by atoms with E-state index in [-0.39, 0.29) is 5.91 Å². The first-order valence-corrected chi connectivity index (χ1v) is 5.69. The molecule has 0 aromatic heterocycles. The van der Waals surface area contributed by atoms with Crippen LogP contribution in [0.25, 0.3) is 0 Å². The number of rotatable bonds is 6. The zero-order valence-electron chi connectivity index (χ0n) is 9.66. The molecule has 0 atom stereocenters. The second-order valence-electron chi connectivity index (χ2n) is 4.19. The number of aliphatic hydroxyl groups is 1. The number of hydrogen-bond donors (Lipinski definition) is 1. The lowest BCUT2D eigenvalue weighted by Gasteiger charge is -2.46. The van der Waals surface area contributed by atoms with Gasteiger partial charge in [0.05, 0.1) is 31.7 Å². The first kappa shape index (κ1) is 12.5. The average Bonchev–Trinajstić information content (AvgIpc) is 2.19. The number of carbonyl (C=O) groups is 1. The van der Waals surface area contributed by atoms with E-state index in [1.54, 1.807) is 4.90 Å². The van der Waals surface area contributed by atoms with Crippen molar-refractivity contribution in [3.63, 3.8) is 0 Å². The van der Waals surface area contributed by atoms with Crippen LogP contribution in [0, 0.1) is 0 Å². The Hall–Kier alpha value is -0.610. The maximum Gasteiger partial charge on any atom is 0.225 e. The molecule has 1 fully saturated rings. The summed E-state index contributed by atoms with van der Waals surface area (Å²) in [6.07, 6.45) is 2.12. The number of nitrogens with zero attached hydrogens (tertiary/aromatic N) is 1. The van der Waals surface area contributed by atoms with Crippen LogP contribution in [0.15, 0.2) is 0 Å². The Morgan fingerprint density at radius 1 is 1.40 bits per heavy atom. The van der Waals surface area contributed by atoms with Crippen molar-refractivity contribution in [2.75, 3.05) is 26.3 Å². The lowest BCUT2D eigenvalue weighted by Crippen LogP contribution is -2.63. The fraction of sp³-hybridized carbons (Fsp3) is 0.909. The van der Waals surface area contributed by atoms with Gasteiger partial charge in [0, 0.05) is 6.61 Å². The first-order valence-electron chi connectivity index (χ1n) is 5.69. The maximum absolute atomic E-state index is 11.5. The van der Waals surface area contributed by atoms with Crippen LogP contribution in [-0.4, -0.2) is 47.8 Å². The highest BCUT2D eigenvalue weighted by Crippen LogP contribution is 2.24. The summed E-state index contributed by atoms with van der Waals surface area (Å²) >= 11 is 0. The Morgan fingerprint density at radius 2 is 2.07 bits per heavy atom. The fourth-order valence-electron chi connectivity index (χ4n) is 1.63. The molecule has 0 unspecified atom stereocenters. The van der Waals surface area contributed by atoms with Gasteiger partial charge in [-0.15, -0.1) is 0 Å². The average molecular weight is 215 g/mol. The number of carbonyl (C=O) groups excluding carboxylic acids is 1. The van der Waals surface area contributed by atoms with Crippen molar-refractivity contribution in [2.45, 2.75) is 38.7 Å². The van der Waals surface area contributed by atoms with E-state index in [0.717, 1.165) is 6.42 Å². The second-order valence-corrected chi connectivity index (χ2v) is 4.19. The Labute approximate surface area is 91.2 Å². The molecule has 0 bridgehead atoms. The third kappa shape index (κ3) is 3.47. The van der Waals surface area contributed by atoms with Crippen LogP contribution >= 0.6 is 0 Å². The summed E-state index contributed by atoms with van der Waals surface area (Å²) in [5.74, 6) is 0.0872. The van der Waals surface area contributed by atoms with Gasteiger partial charge in [-0.2, -0.15) is 0 Å². The van der Waals surface area contributed by atoms with Gasteiger partial charge in [0.15, 0.2) is 0 Å². The van der Waals surface area contributed by atoms with E-state index in [2.05, 4.69) is 0 Å². The number of amides is 1. The van der Waals surface area contributed by atoms with E-state index in [0.29, 0.717) is 39.1 Å². The molecule has 0 saturated carbocycles. The van der Waals surface area contributed by atoms with Crippen molar-refractivity contribution >= 4 is 5.91 Å². The third-order valence-electron chi connectivity index (χ3n) is 2.79. The van der Waals surface area contributed by atoms with Crippen molar-refractivity contribution in [1.82, 2.24) is 4.90 Å². The summed E-state index contributed by atoms with van der Waals surface area (Å²) in [6, 6.07) is 0. The Balaban J connectivity index is 2.10. The molecular formula is C11H21NO3. The molecule has 0 spiro atoms. The quantitative estimate of drug-likeness (QED) is 0.666. The van der Waals surface area contributed by atoms with E-state index in [1.165, 1.54) is 0 Å². The normalized spacial score (nSPS) is 18.7. The highest BCUT2D eigenvalue weighted by Gasteiger charge is 2.41. The number of β-amino-alcohol motifs (C(OH)–C–C–N with tert-alkyl or cyclic N) is 1. The molecule has 1 amide bonds. The van der Waals surface area contributed by atoms with Gasteiger partial charge in [0.1, 0.15) is 0 Å². The van der Waals surface area contributed by atoms with E-state index < -0.39 is 5.60 Å². The number of hydrogen-bond acceptors (Lipinski definition) is 3. The van der Waals surface area contributed by atoms with Crippen LogP contribution in [-0.2, 0) is 9.53 Å². The molecule has 1 saturated heterocycles.